The standard InChI is InChI=1S/C13H20N4O2S2/c1-9-10(7-14)12(17-16-9)21(18,19)15-8-13(2,3)11-5-4-6-20-11/h4-6,15H,7-8,14H2,1-3H3,(H,16,17). The van der Waals surface area contributed by atoms with Crippen LogP contribution in [0.2, 0.25) is 0 Å². The third kappa shape index (κ3) is 3.34. The minimum absolute atomic E-state index is 0.00974. The molecule has 8 heteroatoms. The monoisotopic (exact) mass is 328 g/mol. The van der Waals surface area contributed by atoms with Gasteiger partial charge in [0.1, 0.15) is 0 Å². The number of nitrogens with one attached hydrogen (secondary N) is 2. The number of nitrogens with zero attached hydrogens (tertiary/aromatic N) is 1. The van der Waals surface area contributed by atoms with Crippen molar-refractivity contribution < 1.29 is 8.42 Å². The number of H-pyrrole nitrogens is 1. The van der Waals surface area contributed by atoms with E-state index in [1.54, 1.807) is 18.3 Å². The van der Waals surface area contributed by atoms with Crippen molar-refractivity contribution in [3.8, 4) is 0 Å². The van der Waals surface area contributed by atoms with Gasteiger partial charge >= 0.3 is 0 Å². The van der Waals surface area contributed by atoms with Gasteiger partial charge in [-0.1, -0.05) is 19.9 Å². The fourth-order valence-electron chi connectivity index (χ4n) is 1.99. The molecule has 0 aliphatic heterocycles. The largest absolute Gasteiger partial charge is 0.326 e. The number of rotatable bonds is 6. The van der Waals surface area contributed by atoms with E-state index in [0.717, 1.165) is 4.88 Å². The quantitative estimate of drug-likeness (QED) is 0.748. The van der Waals surface area contributed by atoms with Crippen molar-refractivity contribution in [2.45, 2.75) is 37.8 Å². The van der Waals surface area contributed by atoms with Crippen molar-refractivity contribution >= 4 is 21.4 Å². The van der Waals surface area contributed by atoms with Crippen LogP contribution < -0.4 is 10.5 Å². The lowest BCUT2D eigenvalue weighted by Crippen LogP contribution is -2.36. The molecule has 0 atom stereocenters. The van der Waals surface area contributed by atoms with Crippen LogP contribution in [-0.2, 0) is 22.0 Å². The molecule has 116 valence electrons. The minimum Gasteiger partial charge on any atom is -0.326 e. The highest BCUT2D eigenvalue weighted by Crippen LogP contribution is 2.27. The van der Waals surface area contributed by atoms with E-state index in [2.05, 4.69) is 14.9 Å². The molecule has 2 heterocycles. The molecule has 2 rings (SSSR count). The minimum atomic E-state index is -3.67. The maximum atomic E-state index is 12.4. The predicted molar refractivity (Wildman–Crippen MR) is 83.7 cm³/mol. The fraction of sp³-hybridized carbons (Fsp3) is 0.462. The first-order chi connectivity index (χ1) is 9.78. The summed E-state index contributed by atoms with van der Waals surface area (Å²) in [5.41, 5.74) is 6.52. The van der Waals surface area contributed by atoms with Gasteiger partial charge in [-0.3, -0.25) is 5.10 Å². The number of nitrogens with two attached hydrogens (primary N) is 1. The average Bonchev–Trinajstić information content (AvgIpc) is 3.06. The maximum Gasteiger partial charge on any atom is 0.260 e. The number of hydrogen-bond acceptors (Lipinski definition) is 5. The Bertz CT molecular complexity index is 703. The van der Waals surface area contributed by atoms with Crippen LogP contribution in [0.5, 0.6) is 0 Å². The second kappa shape index (κ2) is 5.88. The summed E-state index contributed by atoms with van der Waals surface area (Å²) in [6, 6.07) is 3.96. The molecule has 2 aromatic rings. The summed E-state index contributed by atoms with van der Waals surface area (Å²) in [7, 11) is -3.67. The summed E-state index contributed by atoms with van der Waals surface area (Å²) in [6.07, 6.45) is 0. The Labute approximate surface area is 128 Å². The predicted octanol–water partition coefficient (Wildman–Crippen LogP) is 1.49. The van der Waals surface area contributed by atoms with Crippen LogP contribution in [0.3, 0.4) is 0 Å². The van der Waals surface area contributed by atoms with Crippen LogP contribution in [0.25, 0.3) is 0 Å². The van der Waals surface area contributed by atoms with E-state index in [-0.39, 0.29) is 17.0 Å². The summed E-state index contributed by atoms with van der Waals surface area (Å²) < 4.78 is 27.4. The Kier molecular flexibility index (Phi) is 4.52. The van der Waals surface area contributed by atoms with E-state index in [1.807, 2.05) is 31.4 Å². The Hall–Kier alpha value is -1.22. The van der Waals surface area contributed by atoms with E-state index in [4.69, 9.17) is 5.73 Å². The van der Waals surface area contributed by atoms with Gasteiger partial charge in [-0.2, -0.15) is 5.10 Å². The first-order valence-electron chi connectivity index (χ1n) is 6.55. The molecule has 2 aromatic heterocycles. The summed E-state index contributed by atoms with van der Waals surface area (Å²) in [5.74, 6) is 0. The van der Waals surface area contributed by atoms with Crippen molar-refractivity contribution in [1.82, 2.24) is 14.9 Å². The van der Waals surface area contributed by atoms with Crippen LogP contribution in [-0.4, -0.2) is 25.2 Å². The van der Waals surface area contributed by atoms with Gasteiger partial charge in [0.25, 0.3) is 10.0 Å². The third-order valence-electron chi connectivity index (χ3n) is 3.39. The van der Waals surface area contributed by atoms with E-state index in [1.165, 1.54) is 0 Å². The van der Waals surface area contributed by atoms with Gasteiger partial charge in [-0.05, 0) is 18.4 Å². The highest BCUT2D eigenvalue weighted by molar-refractivity contribution is 7.89. The number of aromatic nitrogens is 2. The molecular weight excluding hydrogens is 308 g/mol. The molecule has 0 fully saturated rings. The van der Waals surface area contributed by atoms with Gasteiger partial charge in [-0.25, -0.2) is 13.1 Å². The van der Waals surface area contributed by atoms with Gasteiger partial charge < -0.3 is 5.73 Å². The topological polar surface area (TPSA) is 101 Å². The van der Waals surface area contributed by atoms with E-state index in [9.17, 15) is 8.42 Å². The molecule has 0 radical (unpaired) electrons. The van der Waals surface area contributed by atoms with Crippen molar-refractivity contribution in [3.63, 3.8) is 0 Å². The number of aromatic amines is 1. The number of hydrogen-bond donors (Lipinski definition) is 3. The zero-order valence-electron chi connectivity index (χ0n) is 12.3. The molecular formula is C13H20N4O2S2. The van der Waals surface area contributed by atoms with Crippen molar-refractivity contribution in [3.05, 3.63) is 33.6 Å². The number of sulfonamides is 1. The molecule has 0 spiro atoms. The fourth-order valence-corrected chi connectivity index (χ4v) is 4.25. The Morgan fingerprint density at radius 1 is 1.48 bits per heavy atom. The maximum absolute atomic E-state index is 12.4. The SMILES string of the molecule is Cc1[nH]nc(S(=O)(=O)NCC(C)(C)c2cccs2)c1CN. The van der Waals surface area contributed by atoms with Gasteiger partial charge in [-0.15, -0.1) is 11.3 Å². The second-order valence-corrected chi connectivity index (χ2v) is 8.15. The molecule has 0 bridgehead atoms. The number of thiophene rings is 1. The molecule has 0 saturated heterocycles. The molecule has 0 aliphatic carbocycles. The van der Waals surface area contributed by atoms with Crippen LogP contribution in [0, 0.1) is 6.92 Å². The molecule has 0 amide bonds. The molecule has 21 heavy (non-hydrogen) atoms. The lowest BCUT2D eigenvalue weighted by Gasteiger charge is -2.23. The average molecular weight is 328 g/mol. The van der Waals surface area contributed by atoms with Gasteiger partial charge in [0, 0.05) is 34.6 Å². The lowest BCUT2D eigenvalue weighted by atomic mass is 9.92. The van der Waals surface area contributed by atoms with Crippen LogP contribution in [0.15, 0.2) is 22.5 Å². The summed E-state index contributed by atoms with van der Waals surface area (Å²) in [6.45, 7) is 6.18. The van der Waals surface area contributed by atoms with Crippen LogP contribution in [0.1, 0.15) is 30.0 Å². The van der Waals surface area contributed by atoms with Crippen molar-refractivity contribution in [2.24, 2.45) is 5.73 Å². The lowest BCUT2D eigenvalue weighted by molar-refractivity contribution is 0.507. The smallest absolute Gasteiger partial charge is 0.260 e. The molecule has 0 aliphatic rings. The number of aryl methyl sites for hydroxylation is 1. The van der Waals surface area contributed by atoms with E-state index >= 15 is 0 Å². The van der Waals surface area contributed by atoms with Crippen molar-refractivity contribution in [2.75, 3.05) is 6.54 Å². The van der Waals surface area contributed by atoms with E-state index in [0.29, 0.717) is 17.8 Å². The normalized spacial score (nSPS) is 12.8. The molecule has 0 aromatic carbocycles. The first-order valence-corrected chi connectivity index (χ1v) is 8.92. The molecule has 6 nitrogen and oxygen atoms in total. The second-order valence-electron chi connectivity index (χ2n) is 5.52. The zero-order valence-corrected chi connectivity index (χ0v) is 13.9. The zero-order chi connectivity index (χ0) is 15.7. The van der Waals surface area contributed by atoms with Gasteiger partial charge in [0.2, 0.25) is 0 Å². The highest BCUT2D eigenvalue weighted by atomic mass is 32.2. The van der Waals surface area contributed by atoms with E-state index < -0.39 is 10.0 Å². The van der Waals surface area contributed by atoms with Gasteiger partial charge in [0.15, 0.2) is 5.03 Å². The Balaban J connectivity index is 2.19. The Morgan fingerprint density at radius 3 is 2.76 bits per heavy atom. The summed E-state index contributed by atoms with van der Waals surface area (Å²) in [5, 5.41) is 8.51. The van der Waals surface area contributed by atoms with Gasteiger partial charge in [0.05, 0.1) is 0 Å². The van der Waals surface area contributed by atoms with Crippen LogP contribution in [0.4, 0.5) is 0 Å². The third-order valence-corrected chi connectivity index (χ3v) is 5.99. The highest BCUT2D eigenvalue weighted by Gasteiger charge is 2.28. The molecule has 0 unspecified atom stereocenters. The summed E-state index contributed by atoms with van der Waals surface area (Å²) >= 11 is 1.61. The first kappa shape index (κ1) is 16.2. The molecule has 0 saturated carbocycles. The Morgan fingerprint density at radius 2 is 2.19 bits per heavy atom. The molecule has 4 N–H and O–H groups in total. The van der Waals surface area contributed by atoms with Crippen LogP contribution >= 0.6 is 11.3 Å². The summed E-state index contributed by atoms with van der Waals surface area (Å²) in [4.78, 5) is 1.13. The van der Waals surface area contributed by atoms with Crippen molar-refractivity contribution in [1.29, 1.82) is 0 Å².